The number of carbonyl (C=O) groups is 2. The molecular formula is C15H22N4O2. The van der Waals surface area contributed by atoms with E-state index in [1.165, 1.54) is 0 Å². The maximum Gasteiger partial charge on any atom is 0.246 e. The van der Waals surface area contributed by atoms with Gasteiger partial charge in [0, 0.05) is 13.2 Å². The molecule has 1 saturated heterocycles. The van der Waals surface area contributed by atoms with Gasteiger partial charge in [-0.2, -0.15) is 5.10 Å². The molecule has 2 unspecified atom stereocenters. The van der Waals surface area contributed by atoms with Crippen molar-refractivity contribution in [2.75, 3.05) is 0 Å². The SMILES string of the molecule is CCCC1C(=O)NC(C2CC2)C(=O)N1Cc1ccn(C)n1. The summed E-state index contributed by atoms with van der Waals surface area (Å²) in [5.74, 6) is 0.376. The summed E-state index contributed by atoms with van der Waals surface area (Å²) >= 11 is 0. The van der Waals surface area contributed by atoms with Crippen molar-refractivity contribution >= 4 is 11.8 Å². The maximum atomic E-state index is 12.7. The van der Waals surface area contributed by atoms with E-state index < -0.39 is 0 Å². The summed E-state index contributed by atoms with van der Waals surface area (Å²) < 4.78 is 1.72. The molecule has 6 nitrogen and oxygen atoms in total. The lowest BCUT2D eigenvalue weighted by Gasteiger charge is -2.38. The van der Waals surface area contributed by atoms with Crippen LogP contribution in [0.3, 0.4) is 0 Å². The summed E-state index contributed by atoms with van der Waals surface area (Å²) in [5, 5.41) is 7.26. The Morgan fingerprint density at radius 2 is 2.14 bits per heavy atom. The number of aryl methyl sites for hydroxylation is 1. The number of aromatic nitrogens is 2. The van der Waals surface area contributed by atoms with E-state index >= 15 is 0 Å². The van der Waals surface area contributed by atoms with Gasteiger partial charge < -0.3 is 10.2 Å². The molecule has 1 aromatic heterocycles. The maximum absolute atomic E-state index is 12.7. The first-order valence-electron chi connectivity index (χ1n) is 7.69. The van der Waals surface area contributed by atoms with Gasteiger partial charge in [-0.05, 0) is 31.2 Å². The fraction of sp³-hybridized carbons (Fsp3) is 0.667. The van der Waals surface area contributed by atoms with Gasteiger partial charge >= 0.3 is 0 Å². The molecule has 2 fully saturated rings. The fourth-order valence-electron chi connectivity index (χ4n) is 3.00. The van der Waals surface area contributed by atoms with Gasteiger partial charge in [-0.15, -0.1) is 0 Å². The topological polar surface area (TPSA) is 67.2 Å². The minimum atomic E-state index is -0.362. The van der Waals surface area contributed by atoms with E-state index in [9.17, 15) is 9.59 Å². The van der Waals surface area contributed by atoms with Crippen molar-refractivity contribution in [1.29, 1.82) is 0 Å². The fourth-order valence-corrected chi connectivity index (χ4v) is 3.00. The molecule has 2 heterocycles. The summed E-state index contributed by atoms with van der Waals surface area (Å²) in [5.41, 5.74) is 0.830. The number of hydrogen-bond donors (Lipinski definition) is 1. The van der Waals surface area contributed by atoms with Gasteiger partial charge in [0.15, 0.2) is 0 Å². The Kier molecular flexibility index (Phi) is 3.69. The molecule has 2 amide bonds. The standard InChI is InChI=1S/C15H22N4O2/c1-3-4-12-14(20)16-13(10-5-6-10)15(21)19(12)9-11-7-8-18(2)17-11/h7-8,10,12-13H,3-6,9H2,1-2H3,(H,16,20). The largest absolute Gasteiger partial charge is 0.342 e. The summed E-state index contributed by atoms with van der Waals surface area (Å²) in [6.07, 6.45) is 5.50. The third-order valence-corrected chi connectivity index (χ3v) is 4.28. The lowest BCUT2D eigenvalue weighted by molar-refractivity contribution is -0.151. The Balaban J connectivity index is 1.82. The van der Waals surface area contributed by atoms with Gasteiger partial charge in [0.1, 0.15) is 12.1 Å². The monoisotopic (exact) mass is 290 g/mol. The van der Waals surface area contributed by atoms with Crippen LogP contribution in [0.25, 0.3) is 0 Å². The molecular weight excluding hydrogens is 268 g/mol. The van der Waals surface area contributed by atoms with Crippen LogP contribution in [-0.4, -0.2) is 38.6 Å². The van der Waals surface area contributed by atoms with E-state index in [0.29, 0.717) is 18.9 Å². The number of carbonyl (C=O) groups excluding carboxylic acids is 2. The van der Waals surface area contributed by atoms with E-state index in [4.69, 9.17) is 0 Å². The number of amides is 2. The molecule has 0 radical (unpaired) electrons. The first-order valence-corrected chi connectivity index (χ1v) is 7.69. The van der Waals surface area contributed by atoms with Crippen LogP contribution >= 0.6 is 0 Å². The third kappa shape index (κ3) is 2.80. The highest BCUT2D eigenvalue weighted by atomic mass is 16.2. The Hall–Kier alpha value is -1.85. The average Bonchev–Trinajstić information content (AvgIpc) is 3.21. The molecule has 2 atom stereocenters. The number of nitrogens with zero attached hydrogens (tertiary/aromatic N) is 3. The van der Waals surface area contributed by atoms with Gasteiger partial charge in [0.25, 0.3) is 0 Å². The highest BCUT2D eigenvalue weighted by molar-refractivity contribution is 5.97. The molecule has 1 aliphatic heterocycles. The summed E-state index contributed by atoms with van der Waals surface area (Å²) in [6.45, 7) is 2.45. The quantitative estimate of drug-likeness (QED) is 0.873. The van der Waals surface area contributed by atoms with Crippen molar-refractivity contribution in [3.8, 4) is 0 Å². The minimum Gasteiger partial charge on any atom is -0.342 e. The summed E-state index contributed by atoms with van der Waals surface area (Å²) in [6, 6.07) is 1.21. The van der Waals surface area contributed by atoms with E-state index in [1.54, 1.807) is 9.58 Å². The molecule has 1 aliphatic carbocycles. The van der Waals surface area contributed by atoms with Crippen LogP contribution in [0.15, 0.2) is 12.3 Å². The molecule has 21 heavy (non-hydrogen) atoms. The van der Waals surface area contributed by atoms with Gasteiger partial charge in [-0.3, -0.25) is 14.3 Å². The smallest absolute Gasteiger partial charge is 0.246 e. The zero-order chi connectivity index (χ0) is 15.0. The Morgan fingerprint density at radius 1 is 1.38 bits per heavy atom. The van der Waals surface area contributed by atoms with Crippen molar-refractivity contribution in [2.45, 2.75) is 51.2 Å². The van der Waals surface area contributed by atoms with Crippen molar-refractivity contribution in [2.24, 2.45) is 13.0 Å². The first-order chi connectivity index (χ1) is 10.1. The van der Waals surface area contributed by atoms with Crippen LogP contribution in [0.1, 0.15) is 38.3 Å². The predicted octanol–water partition coefficient (Wildman–Crippen LogP) is 0.826. The predicted molar refractivity (Wildman–Crippen MR) is 77.1 cm³/mol. The number of hydrogen-bond acceptors (Lipinski definition) is 3. The van der Waals surface area contributed by atoms with Crippen LogP contribution in [-0.2, 0) is 23.2 Å². The van der Waals surface area contributed by atoms with Gasteiger partial charge in [0.2, 0.25) is 11.8 Å². The summed E-state index contributed by atoms with van der Waals surface area (Å²) in [4.78, 5) is 26.8. The lowest BCUT2D eigenvalue weighted by atomic mass is 10.00. The van der Waals surface area contributed by atoms with Crippen molar-refractivity contribution in [1.82, 2.24) is 20.0 Å². The van der Waals surface area contributed by atoms with Crippen molar-refractivity contribution < 1.29 is 9.59 Å². The van der Waals surface area contributed by atoms with E-state index in [0.717, 1.165) is 25.0 Å². The molecule has 114 valence electrons. The highest BCUT2D eigenvalue weighted by Crippen LogP contribution is 2.35. The van der Waals surface area contributed by atoms with Gasteiger partial charge in [-0.1, -0.05) is 13.3 Å². The molecule has 2 aliphatic rings. The second kappa shape index (κ2) is 5.50. The van der Waals surface area contributed by atoms with Crippen LogP contribution in [0.4, 0.5) is 0 Å². The molecule has 0 bridgehead atoms. The normalized spacial score (nSPS) is 26.1. The van der Waals surface area contributed by atoms with Crippen molar-refractivity contribution in [3.05, 3.63) is 18.0 Å². The number of rotatable bonds is 5. The van der Waals surface area contributed by atoms with Crippen LogP contribution < -0.4 is 5.32 Å². The number of nitrogens with one attached hydrogen (secondary N) is 1. The second-order valence-electron chi connectivity index (χ2n) is 6.08. The minimum absolute atomic E-state index is 0.00992. The van der Waals surface area contributed by atoms with E-state index in [1.807, 2.05) is 26.2 Å². The first kappa shape index (κ1) is 14.1. The van der Waals surface area contributed by atoms with E-state index in [2.05, 4.69) is 10.4 Å². The van der Waals surface area contributed by atoms with Crippen LogP contribution in [0.2, 0.25) is 0 Å². The second-order valence-corrected chi connectivity index (χ2v) is 6.08. The molecule has 1 saturated carbocycles. The highest BCUT2D eigenvalue weighted by Gasteiger charge is 2.46. The molecule has 1 aromatic rings. The van der Waals surface area contributed by atoms with Gasteiger partial charge in [-0.25, -0.2) is 0 Å². The molecule has 3 rings (SSSR count). The zero-order valence-electron chi connectivity index (χ0n) is 12.6. The lowest BCUT2D eigenvalue weighted by Crippen LogP contribution is -2.63. The Morgan fingerprint density at radius 3 is 2.71 bits per heavy atom. The Bertz CT molecular complexity index is 550. The molecule has 6 heteroatoms. The average molecular weight is 290 g/mol. The van der Waals surface area contributed by atoms with E-state index in [-0.39, 0.29) is 23.9 Å². The van der Waals surface area contributed by atoms with Crippen molar-refractivity contribution in [3.63, 3.8) is 0 Å². The molecule has 1 N–H and O–H groups in total. The van der Waals surface area contributed by atoms with Crippen LogP contribution in [0.5, 0.6) is 0 Å². The molecule has 0 aromatic carbocycles. The summed E-state index contributed by atoms with van der Waals surface area (Å²) in [7, 11) is 1.85. The third-order valence-electron chi connectivity index (χ3n) is 4.28. The zero-order valence-corrected chi connectivity index (χ0v) is 12.6. The molecule has 0 spiro atoms. The van der Waals surface area contributed by atoms with Crippen LogP contribution in [0, 0.1) is 5.92 Å². The number of piperazine rings is 1. The Labute approximate surface area is 124 Å². The van der Waals surface area contributed by atoms with Gasteiger partial charge in [0.05, 0.1) is 12.2 Å².